The van der Waals surface area contributed by atoms with Gasteiger partial charge in [-0.3, -0.25) is 14.4 Å². The minimum atomic E-state index is -0.736. The molecule has 0 spiro atoms. The van der Waals surface area contributed by atoms with Crippen LogP contribution in [0.25, 0.3) is 11.0 Å². The van der Waals surface area contributed by atoms with Crippen molar-refractivity contribution in [2.75, 3.05) is 31.1 Å². The van der Waals surface area contributed by atoms with E-state index in [1.165, 1.54) is 0 Å². The largest absolute Gasteiger partial charge is 0.367 e. The highest BCUT2D eigenvalue weighted by molar-refractivity contribution is 6.33. The Morgan fingerprint density at radius 1 is 0.889 bits per heavy atom. The Labute approximate surface area is 159 Å². The number of hydrogen-bond acceptors (Lipinski definition) is 4. The van der Waals surface area contributed by atoms with Gasteiger partial charge in [0.05, 0.1) is 21.7 Å². The average molecular weight is 385 g/mol. The predicted octanol–water partition coefficient (Wildman–Crippen LogP) is 1.83. The van der Waals surface area contributed by atoms with Crippen LogP contribution in [0.5, 0.6) is 0 Å². The van der Waals surface area contributed by atoms with Crippen molar-refractivity contribution in [3.05, 3.63) is 73.8 Å². The van der Waals surface area contributed by atoms with Gasteiger partial charge in [0.2, 0.25) is 0 Å². The maximum atomic E-state index is 12.8. The van der Waals surface area contributed by atoms with Crippen LogP contribution >= 0.6 is 11.6 Å². The summed E-state index contributed by atoms with van der Waals surface area (Å²) in [5.74, 6) is -0.109. The number of carbonyl (C=O) groups excluding carboxylic acids is 1. The summed E-state index contributed by atoms with van der Waals surface area (Å²) in [5, 5.41) is 0.699. The Balaban J connectivity index is 1.52. The van der Waals surface area contributed by atoms with Crippen molar-refractivity contribution in [3.8, 4) is 0 Å². The van der Waals surface area contributed by atoms with Crippen LogP contribution in [0.3, 0.4) is 0 Å². The minimum absolute atomic E-state index is 0.109. The number of halogens is 1. The highest BCUT2D eigenvalue weighted by Gasteiger charge is 2.23. The number of nitrogens with one attached hydrogen (secondary N) is 2. The zero-order valence-electron chi connectivity index (χ0n) is 14.4. The van der Waals surface area contributed by atoms with E-state index in [0.29, 0.717) is 47.8 Å². The van der Waals surface area contributed by atoms with Gasteiger partial charge in [0.15, 0.2) is 0 Å². The van der Waals surface area contributed by atoms with E-state index in [9.17, 15) is 14.4 Å². The molecule has 0 aliphatic carbocycles. The molecule has 0 bridgehead atoms. The van der Waals surface area contributed by atoms with Crippen LogP contribution in [0.2, 0.25) is 5.02 Å². The molecule has 3 aromatic rings. The van der Waals surface area contributed by atoms with Crippen LogP contribution in [0, 0.1) is 0 Å². The SMILES string of the molecule is O=C(c1ccc2[nH]c(=O)c(=O)[nH]c2c1)N1CCN(c2ccccc2Cl)CC1. The molecule has 7 nitrogen and oxygen atoms in total. The normalized spacial score (nSPS) is 14.6. The minimum Gasteiger partial charge on any atom is -0.367 e. The van der Waals surface area contributed by atoms with E-state index in [4.69, 9.17) is 11.6 Å². The van der Waals surface area contributed by atoms with Crippen LogP contribution in [-0.2, 0) is 0 Å². The highest BCUT2D eigenvalue weighted by atomic mass is 35.5. The molecule has 1 aromatic heterocycles. The van der Waals surface area contributed by atoms with E-state index in [2.05, 4.69) is 14.9 Å². The fourth-order valence-electron chi connectivity index (χ4n) is 3.29. The Morgan fingerprint density at radius 3 is 2.26 bits per heavy atom. The molecule has 27 heavy (non-hydrogen) atoms. The smallest absolute Gasteiger partial charge is 0.314 e. The standard InChI is InChI=1S/C19H17ClN4O3/c20-13-3-1-2-4-16(13)23-7-9-24(10-8-23)19(27)12-5-6-14-15(11-12)22-18(26)17(25)21-14/h1-6,11H,7-10H2,(H,21,25)(H,22,26). The summed E-state index contributed by atoms with van der Waals surface area (Å²) in [6, 6.07) is 12.5. The molecule has 0 radical (unpaired) electrons. The van der Waals surface area contributed by atoms with Crippen molar-refractivity contribution < 1.29 is 4.79 Å². The van der Waals surface area contributed by atoms with Crippen molar-refractivity contribution in [1.29, 1.82) is 0 Å². The van der Waals surface area contributed by atoms with Crippen molar-refractivity contribution in [1.82, 2.24) is 14.9 Å². The van der Waals surface area contributed by atoms with E-state index < -0.39 is 11.1 Å². The Morgan fingerprint density at radius 2 is 1.56 bits per heavy atom. The molecule has 4 rings (SSSR count). The van der Waals surface area contributed by atoms with E-state index in [1.807, 2.05) is 24.3 Å². The van der Waals surface area contributed by atoms with E-state index >= 15 is 0 Å². The number of aromatic nitrogens is 2. The van der Waals surface area contributed by atoms with E-state index in [-0.39, 0.29) is 5.91 Å². The van der Waals surface area contributed by atoms with Gasteiger partial charge in [-0.05, 0) is 30.3 Å². The fraction of sp³-hybridized carbons (Fsp3) is 0.211. The van der Waals surface area contributed by atoms with Crippen LogP contribution in [0.1, 0.15) is 10.4 Å². The van der Waals surface area contributed by atoms with Crippen molar-refractivity contribution in [3.63, 3.8) is 0 Å². The van der Waals surface area contributed by atoms with Crippen LogP contribution in [-0.4, -0.2) is 47.0 Å². The summed E-state index contributed by atoms with van der Waals surface area (Å²) in [6.45, 7) is 2.52. The number of piperazine rings is 1. The number of aromatic amines is 2. The molecule has 2 heterocycles. The summed E-state index contributed by atoms with van der Waals surface area (Å²) >= 11 is 6.26. The number of rotatable bonds is 2. The molecule has 0 atom stereocenters. The maximum absolute atomic E-state index is 12.8. The van der Waals surface area contributed by atoms with Crippen LogP contribution in [0.15, 0.2) is 52.1 Å². The first-order valence-electron chi connectivity index (χ1n) is 8.58. The average Bonchev–Trinajstić information content (AvgIpc) is 2.68. The van der Waals surface area contributed by atoms with Crippen molar-refractivity contribution >= 4 is 34.2 Å². The first-order chi connectivity index (χ1) is 13.0. The maximum Gasteiger partial charge on any atom is 0.314 e. The number of anilines is 1. The number of fused-ring (bicyclic) bond motifs is 1. The van der Waals surface area contributed by atoms with Crippen molar-refractivity contribution in [2.45, 2.75) is 0 Å². The number of carbonyl (C=O) groups is 1. The number of para-hydroxylation sites is 1. The van der Waals surface area contributed by atoms with Gasteiger partial charge in [-0.15, -0.1) is 0 Å². The molecule has 0 saturated carbocycles. The summed E-state index contributed by atoms with van der Waals surface area (Å²) in [7, 11) is 0. The number of H-pyrrole nitrogens is 2. The lowest BCUT2D eigenvalue weighted by Crippen LogP contribution is -2.48. The van der Waals surface area contributed by atoms with Gasteiger partial charge in [-0.2, -0.15) is 0 Å². The number of benzene rings is 2. The van der Waals surface area contributed by atoms with Crippen LogP contribution in [0.4, 0.5) is 5.69 Å². The number of hydrogen-bond donors (Lipinski definition) is 2. The van der Waals surface area contributed by atoms with Gasteiger partial charge in [-0.1, -0.05) is 23.7 Å². The predicted molar refractivity (Wildman–Crippen MR) is 105 cm³/mol. The Bertz CT molecular complexity index is 1130. The monoisotopic (exact) mass is 384 g/mol. The topological polar surface area (TPSA) is 89.3 Å². The molecule has 138 valence electrons. The lowest BCUT2D eigenvalue weighted by molar-refractivity contribution is 0.0747. The molecule has 1 aliphatic rings. The molecular formula is C19H17ClN4O3. The third-order valence-electron chi connectivity index (χ3n) is 4.73. The van der Waals surface area contributed by atoms with Gasteiger partial charge < -0.3 is 19.8 Å². The highest BCUT2D eigenvalue weighted by Crippen LogP contribution is 2.26. The molecule has 2 N–H and O–H groups in total. The molecule has 1 saturated heterocycles. The quantitative estimate of drug-likeness (QED) is 0.660. The third-order valence-corrected chi connectivity index (χ3v) is 5.05. The lowest BCUT2D eigenvalue weighted by atomic mass is 10.1. The molecule has 8 heteroatoms. The molecule has 1 aliphatic heterocycles. The van der Waals surface area contributed by atoms with E-state index in [1.54, 1.807) is 23.1 Å². The summed E-state index contributed by atoms with van der Waals surface area (Å²) < 4.78 is 0. The lowest BCUT2D eigenvalue weighted by Gasteiger charge is -2.36. The Kier molecular flexibility index (Phi) is 4.45. The fourth-order valence-corrected chi connectivity index (χ4v) is 3.54. The van der Waals surface area contributed by atoms with Gasteiger partial charge in [0, 0.05) is 31.7 Å². The second-order valence-corrected chi connectivity index (χ2v) is 6.81. The zero-order valence-corrected chi connectivity index (χ0v) is 15.1. The van der Waals surface area contributed by atoms with Gasteiger partial charge >= 0.3 is 11.1 Å². The van der Waals surface area contributed by atoms with Gasteiger partial charge in [0.25, 0.3) is 5.91 Å². The van der Waals surface area contributed by atoms with Gasteiger partial charge in [0.1, 0.15) is 0 Å². The Hall–Kier alpha value is -3.06. The third kappa shape index (κ3) is 3.33. The summed E-state index contributed by atoms with van der Waals surface area (Å²) in [6.07, 6.45) is 0. The van der Waals surface area contributed by atoms with Gasteiger partial charge in [-0.25, -0.2) is 0 Å². The molecule has 2 aromatic carbocycles. The summed E-state index contributed by atoms with van der Waals surface area (Å²) in [4.78, 5) is 44.6. The number of nitrogens with zero attached hydrogens (tertiary/aromatic N) is 2. The van der Waals surface area contributed by atoms with Crippen LogP contribution < -0.4 is 16.0 Å². The number of amides is 1. The first kappa shape index (κ1) is 17.4. The van der Waals surface area contributed by atoms with Crippen molar-refractivity contribution in [2.24, 2.45) is 0 Å². The summed E-state index contributed by atoms with van der Waals surface area (Å²) in [5.41, 5.74) is 0.910. The van der Waals surface area contributed by atoms with E-state index in [0.717, 1.165) is 5.69 Å². The molecule has 1 fully saturated rings. The first-order valence-corrected chi connectivity index (χ1v) is 8.96. The second-order valence-electron chi connectivity index (χ2n) is 6.40. The zero-order chi connectivity index (χ0) is 19.0. The molecular weight excluding hydrogens is 368 g/mol. The molecule has 0 unspecified atom stereocenters. The molecule has 1 amide bonds. The second kappa shape index (κ2) is 6.92.